The molecule has 0 aromatic heterocycles. The Morgan fingerprint density at radius 3 is 1.93 bits per heavy atom. The minimum absolute atomic E-state index is 0.122. The molecule has 1 fully saturated rings. The summed E-state index contributed by atoms with van der Waals surface area (Å²) in [5, 5.41) is 0. The van der Waals surface area contributed by atoms with Gasteiger partial charge in [0.05, 0.1) is 0 Å². The van der Waals surface area contributed by atoms with Gasteiger partial charge in [0.15, 0.2) is 0 Å². The fourth-order valence-corrected chi connectivity index (χ4v) is 7.61. The van der Waals surface area contributed by atoms with Crippen molar-refractivity contribution >= 4 is 0 Å². The van der Waals surface area contributed by atoms with E-state index in [9.17, 15) is 0 Å². The molecule has 0 nitrogen and oxygen atoms in total. The van der Waals surface area contributed by atoms with Gasteiger partial charge in [0.2, 0.25) is 0 Å². The molecule has 4 rings (SSSR count). The Kier molecular flexibility index (Phi) is 13.2. The van der Waals surface area contributed by atoms with Crippen molar-refractivity contribution in [3.05, 3.63) is 131 Å². The number of aryl methyl sites for hydroxylation is 2. The van der Waals surface area contributed by atoms with Crippen LogP contribution in [0.4, 0.5) is 0 Å². The summed E-state index contributed by atoms with van der Waals surface area (Å²) in [6.07, 6.45) is 21.1. The second kappa shape index (κ2) is 17.3. The lowest BCUT2D eigenvalue weighted by Crippen LogP contribution is -2.29. The molecule has 0 heterocycles. The van der Waals surface area contributed by atoms with E-state index >= 15 is 0 Å². The minimum Gasteiger partial charge on any atom is -0.103 e. The van der Waals surface area contributed by atoms with Gasteiger partial charge in [-0.3, -0.25) is 0 Å². The molecule has 42 heavy (non-hydrogen) atoms. The molecule has 1 aliphatic carbocycles. The molecule has 3 aromatic rings. The van der Waals surface area contributed by atoms with Crippen LogP contribution in [0.3, 0.4) is 0 Å². The maximum atomic E-state index is 4.39. The maximum absolute atomic E-state index is 4.39. The molecule has 1 aliphatic rings. The summed E-state index contributed by atoms with van der Waals surface area (Å²) in [4.78, 5) is 0. The van der Waals surface area contributed by atoms with Gasteiger partial charge in [-0.15, -0.1) is 6.58 Å². The highest BCUT2D eigenvalue weighted by atomic mass is 14.4. The Balaban J connectivity index is 1.81. The first-order chi connectivity index (χ1) is 20.6. The van der Waals surface area contributed by atoms with Crippen LogP contribution in [-0.4, -0.2) is 0 Å². The lowest BCUT2D eigenvalue weighted by atomic mass is 9.64. The van der Waals surface area contributed by atoms with Crippen molar-refractivity contribution < 1.29 is 0 Å². The highest BCUT2D eigenvalue weighted by Crippen LogP contribution is 2.48. The van der Waals surface area contributed by atoms with E-state index in [4.69, 9.17) is 0 Å². The molecule has 0 heteroatoms. The predicted molar refractivity (Wildman–Crippen MR) is 184 cm³/mol. The molecule has 1 saturated carbocycles. The van der Waals surface area contributed by atoms with Gasteiger partial charge >= 0.3 is 0 Å². The molecule has 2 unspecified atom stereocenters. The molecule has 0 aliphatic heterocycles. The van der Waals surface area contributed by atoms with Gasteiger partial charge in [0, 0.05) is 0 Å². The summed E-state index contributed by atoms with van der Waals surface area (Å²) in [6, 6.07) is 33.7. The number of hydrogen-bond donors (Lipinski definition) is 0. The van der Waals surface area contributed by atoms with Crippen LogP contribution in [0.1, 0.15) is 108 Å². The third-order valence-corrected chi connectivity index (χ3v) is 10.1. The number of allylic oxidation sites excluding steroid dienone is 3. The minimum atomic E-state index is 0.122. The second-order valence-corrected chi connectivity index (χ2v) is 13.2. The van der Waals surface area contributed by atoms with Gasteiger partial charge in [-0.2, -0.15) is 0 Å². The third kappa shape index (κ3) is 9.58. The van der Waals surface area contributed by atoms with Crippen molar-refractivity contribution in [3.63, 3.8) is 0 Å². The van der Waals surface area contributed by atoms with E-state index in [-0.39, 0.29) is 5.41 Å². The zero-order valence-electron chi connectivity index (χ0n) is 26.7. The number of hydrogen-bond acceptors (Lipinski definition) is 0. The molecule has 0 bridgehead atoms. The standard InChI is InChI=1S/C42H56/c1-4-6-19-35(3)40(33-38-26-16-17-27-38)41(34-39-24-14-9-15-25-39)42(30-5-2,32-29-37-22-12-8-13-23-37)31-18-28-36-20-10-7-11-21-36/h5,7-15,20-25,35,38H,2,4,6,16-19,26-34H2,1,3H3. The van der Waals surface area contributed by atoms with Crippen LogP contribution in [0.25, 0.3) is 0 Å². The third-order valence-electron chi connectivity index (χ3n) is 10.1. The Labute approximate surface area is 258 Å². The van der Waals surface area contributed by atoms with Crippen molar-refractivity contribution in [2.75, 3.05) is 0 Å². The number of unbranched alkanes of at least 4 members (excludes halogenated alkanes) is 1. The van der Waals surface area contributed by atoms with Crippen LogP contribution >= 0.6 is 0 Å². The zero-order chi connectivity index (χ0) is 29.5. The average Bonchev–Trinajstić information content (AvgIpc) is 3.55. The van der Waals surface area contributed by atoms with Crippen LogP contribution in [0.2, 0.25) is 0 Å². The molecular weight excluding hydrogens is 504 g/mol. The van der Waals surface area contributed by atoms with E-state index in [0.717, 1.165) is 31.6 Å². The first kappa shape index (κ1) is 32.1. The topological polar surface area (TPSA) is 0 Å². The Hall–Kier alpha value is -2.86. The average molecular weight is 561 g/mol. The Morgan fingerprint density at radius 1 is 0.786 bits per heavy atom. The molecule has 0 N–H and O–H groups in total. The lowest BCUT2D eigenvalue weighted by molar-refractivity contribution is 0.280. The highest BCUT2D eigenvalue weighted by Gasteiger charge is 2.36. The maximum Gasteiger partial charge on any atom is -0.00444 e. The molecule has 0 radical (unpaired) electrons. The van der Waals surface area contributed by atoms with Crippen molar-refractivity contribution in [1.29, 1.82) is 0 Å². The summed E-state index contributed by atoms with van der Waals surface area (Å²) in [5.74, 6) is 1.49. The second-order valence-electron chi connectivity index (χ2n) is 13.2. The van der Waals surface area contributed by atoms with Crippen molar-refractivity contribution in [1.82, 2.24) is 0 Å². The van der Waals surface area contributed by atoms with Crippen molar-refractivity contribution in [2.24, 2.45) is 17.3 Å². The molecule has 3 aromatic carbocycles. The van der Waals surface area contributed by atoms with E-state index in [2.05, 4.69) is 117 Å². The fourth-order valence-electron chi connectivity index (χ4n) is 7.61. The van der Waals surface area contributed by atoms with Crippen LogP contribution in [0, 0.1) is 17.3 Å². The summed E-state index contributed by atoms with van der Waals surface area (Å²) in [7, 11) is 0. The quantitative estimate of drug-likeness (QED) is 0.136. The van der Waals surface area contributed by atoms with Gasteiger partial charge in [-0.05, 0) is 91.7 Å². The Morgan fingerprint density at radius 2 is 1.36 bits per heavy atom. The summed E-state index contributed by atoms with van der Waals surface area (Å²) in [5.41, 5.74) is 8.10. The normalized spacial score (nSPS) is 16.5. The summed E-state index contributed by atoms with van der Waals surface area (Å²) < 4.78 is 0. The van der Waals surface area contributed by atoms with Gasteiger partial charge < -0.3 is 0 Å². The van der Waals surface area contributed by atoms with Crippen molar-refractivity contribution in [3.8, 4) is 0 Å². The zero-order valence-corrected chi connectivity index (χ0v) is 26.7. The summed E-state index contributed by atoms with van der Waals surface area (Å²) in [6.45, 7) is 9.30. The van der Waals surface area contributed by atoms with Crippen LogP contribution in [0.5, 0.6) is 0 Å². The smallest absolute Gasteiger partial charge is 0.00444 e. The van der Waals surface area contributed by atoms with E-state index in [0.29, 0.717) is 5.92 Å². The number of benzene rings is 3. The molecule has 0 spiro atoms. The van der Waals surface area contributed by atoms with E-state index in [1.807, 2.05) is 5.57 Å². The van der Waals surface area contributed by atoms with Gasteiger partial charge in [-0.25, -0.2) is 0 Å². The summed E-state index contributed by atoms with van der Waals surface area (Å²) >= 11 is 0. The molecule has 0 amide bonds. The molecular formula is C42H56. The van der Waals surface area contributed by atoms with E-state index in [1.54, 1.807) is 5.57 Å². The first-order valence-electron chi connectivity index (χ1n) is 17.1. The SMILES string of the molecule is C=CCC(CCCc1ccccc1)(CCc1ccccc1)C(Cc1ccccc1)=C(CC1CCCC1)C(C)CCCC. The number of rotatable bonds is 18. The van der Waals surface area contributed by atoms with Gasteiger partial charge in [0.25, 0.3) is 0 Å². The Bertz CT molecular complexity index is 1180. The van der Waals surface area contributed by atoms with E-state index in [1.165, 1.54) is 87.3 Å². The van der Waals surface area contributed by atoms with Crippen LogP contribution in [0.15, 0.2) is 115 Å². The van der Waals surface area contributed by atoms with Crippen molar-refractivity contribution in [2.45, 2.75) is 110 Å². The molecule has 0 saturated heterocycles. The fraction of sp³-hybridized carbons (Fsp3) is 0.476. The van der Waals surface area contributed by atoms with Crippen LogP contribution < -0.4 is 0 Å². The van der Waals surface area contributed by atoms with Gasteiger partial charge in [0.1, 0.15) is 0 Å². The molecule has 2 atom stereocenters. The monoisotopic (exact) mass is 560 g/mol. The van der Waals surface area contributed by atoms with E-state index < -0.39 is 0 Å². The largest absolute Gasteiger partial charge is 0.103 e. The highest BCUT2D eigenvalue weighted by molar-refractivity contribution is 5.33. The first-order valence-corrected chi connectivity index (χ1v) is 17.1. The lowest BCUT2D eigenvalue weighted by Gasteiger charge is -2.40. The predicted octanol–water partition coefficient (Wildman–Crippen LogP) is 12.2. The van der Waals surface area contributed by atoms with Crippen LogP contribution in [-0.2, 0) is 19.3 Å². The molecule has 224 valence electrons. The van der Waals surface area contributed by atoms with Gasteiger partial charge in [-0.1, -0.05) is 161 Å².